The molecule has 18 heavy (non-hydrogen) atoms. The van der Waals surface area contributed by atoms with Gasteiger partial charge in [0.05, 0.1) is 6.54 Å². The van der Waals surface area contributed by atoms with Crippen molar-refractivity contribution in [1.29, 1.82) is 0 Å². The molecule has 0 bridgehead atoms. The van der Waals surface area contributed by atoms with Gasteiger partial charge in [-0.1, -0.05) is 5.16 Å². The first-order valence-electron chi connectivity index (χ1n) is 5.48. The number of anilines is 2. The van der Waals surface area contributed by atoms with Crippen molar-refractivity contribution in [2.75, 3.05) is 17.7 Å². The van der Waals surface area contributed by atoms with E-state index in [4.69, 9.17) is 14.7 Å². The molecule has 0 unspecified atom stereocenters. The minimum Gasteiger partial charge on any atom is -0.443 e. The number of nitrogens with two attached hydrogens (primary N) is 1. The number of aromatic nitrogens is 2. The molecule has 0 saturated heterocycles. The molecule has 2 N–H and O–H groups in total. The summed E-state index contributed by atoms with van der Waals surface area (Å²) in [5.41, 5.74) is 8.12. The van der Waals surface area contributed by atoms with Crippen LogP contribution in [0.4, 0.5) is 11.5 Å². The van der Waals surface area contributed by atoms with Crippen LogP contribution in [-0.2, 0) is 6.54 Å². The van der Waals surface area contributed by atoms with Gasteiger partial charge in [-0.3, -0.25) is 0 Å². The minimum absolute atomic E-state index is 0.393. The molecule has 0 atom stereocenters. The lowest BCUT2D eigenvalue weighted by Gasteiger charge is -2.16. The van der Waals surface area contributed by atoms with Crippen molar-refractivity contribution in [1.82, 2.24) is 10.1 Å². The zero-order valence-corrected chi connectivity index (χ0v) is 9.83. The summed E-state index contributed by atoms with van der Waals surface area (Å²) in [5, 5.41) is 3.65. The molecule has 0 amide bonds. The molecule has 3 aromatic rings. The van der Waals surface area contributed by atoms with Gasteiger partial charge in [0.1, 0.15) is 5.52 Å². The van der Waals surface area contributed by atoms with E-state index >= 15 is 0 Å². The standard InChI is InChI=1S/C12H12N4O2/c1-16(6-9-5-12(13)15-18-9)8-2-3-10-11(4-8)17-7-14-10/h2-5,7H,6H2,1H3,(H2,13,15). The van der Waals surface area contributed by atoms with E-state index in [1.807, 2.05) is 30.1 Å². The second-order valence-electron chi connectivity index (χ2n) is 4.08. The normalized spacial score (nSPS) is 10.9. The highest BCUT2D eigenvalue weighted by Gasteiger charge is 2.08. The van der Waals surface area contributed by atoms with Gasteiger partial charge in [-0.05, 0) is 12.1 Å². The predicted octanol–water partition coefficient (Wildman–Crippen LogP) is 2.03. The highest BCUT2D eigenvalue weighted by Crippen LogP contribution is 2.22. The fourth-order valence-electron chi connectivity index (χ4n) is 1.81. The Morgan fingerprint density at radius 1 is 1.33 bits per heavy atom. The van der Waals surface area contributed by atoms with Crippen LogP contribution in [0.2, 0.25) is 0 Å². The SMILES string of the molecule is CN(Cc1cc(N)no1)c1ccc2ncoc2c1. The summed E-state index contributed by atoms with van der Waals surface area (Å²) >= 11 is 0. The van der Waals surface area contributed by atoms with Gasteiger partial charge in [0, 0.05) is 24.9 Å². The van der Waals surface area contributed by atoms with Crippen LogP contribution in [0.25, 0.3) is 11.1 Å². The molecule has 0 aliphatic rings. The van der Waals surface area contributed by atoms with Crippen molar-refractivity contribution < 1.29 is 8.94 Å². The van der Waals surface area contributed by atoms with E-state index in [0.29, 0.717) is 18.1 Å². The van der Waals surface area contributed by atoms with Crippen LogP contribution in [0, 0.1) is 0 Å². The van der Waals surface area contributed by atoms with Crippen LogP contribution in [0.5, 0.6) is 0 Å². The van der Waals surface area contributed by atoms with Crippen molar-refractivity contribution >= 4 is 22.6 Å². The molecule has 0 fully saturated rings. The predicted molar refractivity (Wildman–Crippen MR) is 67.0 cm³/mol. The fourth-order valence-corrected chi connectivity index (χ4v) is 1.81. The topological polar surface area (TPSA) is 81.3 Å². The monoisotopic (exact) mass is 244 g/mol. The fraction of sp³-hybridized carbons (Fsp3) is 0.167. The maximum absolute atomic E-state index is 5.51. The van der Waals surface area contributed by atoms with Gasteiger partial charge >= 0.3 is 0 Å². The van der Waals surface area contributed by atoms with Crippen LogP contribution in [0.15, 0.2) is 39.6 Å². The van der Waals surface area contributed by atoms with Gasteiger partial charge < -0.3 is 19.6 Å². The van der Waals surface area contributed by atoms with E-state index in [9.17, 15) is 0 Å². The largest absolute Gasteiger partial charge is 0.443 e. The third-order valence-electron chi connectivity index (χ3n) is 2.73. The molecule has 92 valence electrons. The van der Waals surface area contributed by atoms with Crippen LogP contribution in [0.1, 0.15) is 5.76 Å². The van der Waals surface area contributed by atoms with Crippen LogP contribution >= 0.6 is 0 Å². The lowest BCUT2D eigenvalue weighted by Crippen LogP contribution is -2.15. The smallest absolute Gasteiger partial charge is 0.181 e. The van der Waals surface area contributed by atoms with E-state index < -0.39 is 0 Å². The van der Waals surface area contributed by atoms with Crippen LogP contribution in [0.3, 0.4) is 0 Å². The van der Waals surface area contributed by atoms with Crippen molar-refractivity contribution in [3.05, 3.63) is 36.4 Å². The Kier molecular flexibility index (Phi) is 2.40. The summed E-state index contributed by atoms with van der Waals surface area (Å²) in [5.74, 6) is 1.11. The molecule has 0 saturated carbocycles. The molecule has 1 aromatic carbocycles. The Bertz CT molecular complexity index is 673. The van der Waals surface area contributed by atoms with Gasteiger partial charge in [0.25, 0.3) is 0 Å². The molecule has 0 aliphatic carbocycles. The number of rotatable bonds is 3. The zero-order valence-electron chi connectivity index (χ0n) is 9.83. The number of nitrogens with zero attached hydrogens (tertiary/aromatic N) is 3. The molecule has 3 rings (SSSR count). The summed E-state index contributed by atoms with van der Waals surface area (Å²) in [4.78, 5) is 6.09. The average molecular weight is 244 g/mol. The highest BCUT2D eigenvalue weighted by atomic mass is 16.5. The van der Waals surface area contributed by atoms with E-state index in [0.717, 1.165) is 16.8 Å². The van der Waals surface area contributed by atoms with Gasteiger partial charge in [-0.15, -0.1) is 0 Å². The van der Waals surface area contributed by atoms with Crippen molar-refractivity contribution in [3.8, 4) is 0 Å². The Hall–Kier alpha value is -2.50. The number of hydrogen-bond donors (Lipinski definition) is 1. The molecular formula is C12H12N4O2. The Labute approximate surface area is 103 Å². The Morgan fingerprint density at radius 2 is 2.22 bits per heavy atom. The van der Waals surface area contributed by atoms with Crippen molar-refractivity contribution in [3.63, 3.8) is 0 Å². The van der Waals surface area contributed by atoms with Crippen molar-refractivity contribution in [2.24, 2.45) is 0 Å². The average Bonchev–Trinajstić information content (AvgIpc) is 2.96. The molecule has 2 aromatic heterocycles. The third kappa shape index (κ3) is 1.88. The number of nitrogen functional groups attached to an aromatic ring is 1. The lowest BCUT2D eigenvalue weighted by atomic mass is 10.2. The second-order valence-corrected chi connectivity index (χ2v) is 4.08. The molecule has 2 heterocycles. The van der Waals surface area contributed by atoms with Crippen LogP contribution in [-0.4, -0.2) is 17.2 Å². The van der Waals surface area contributed by atoms with Gasteiger partial charge in [0.2, 0.25) is 0 Å². The summed E-state index contributed by atoms with van der Waals surface area (Å²) in [6, 6.07) is 7.54. The zero-order chi connectivity index (χ0) is 12.5. The molecule has 6 nitrogen and oxygen atoms in total. The molecule has 0 spiro atoms. The van der Waals surface area contributed by atoms with Gasteiger partial charge in [-0.2, -0.15) is 0 Å². The Morgan fingerprint density at radius 3 is 3.00 bits per heavy atom. The second kappa shape index (κ2) is 4.06. The van der Waals surface area contributed by atoms with Gasteiger partial charge in [0.15, 0.2) is 23.6 Å². The number of benzene rings is 1. The summed E-state index contributed by atoms with van der Waals surface area (Å²) < 4.78 is 10.3. The number of fused-ring (bicyclic) bond motifs is 1. The maximum Gasteiger partial charge on any atom is 0.181 e. The lowest BCUT2D eigenvalue weighted by molar-refractivity contribution is 0.385. The summed E-state index contributed by atoms with van der Waals surface area (Å²) in [6.07, 6.45) is 1.44. The number of oxazole rings is 1. The molecule has 0 radical (unpaired) electrons. The van der Waals surface area contributed by atoms with Gasteiger partial charge in [-0.25, -0.2) is 4.98 Å². The van der Waals surface area contributed by atoms with Crippen molar-refractivity contribution in [2.45, 2.75) is 6.54 Å². The van der Waals surface area contributed by atoms with Crippen LogP contribution < -0.4 is 10.6 Å². The first kappa shape index (κ1) is 10.6. The van der Waals surface area contributed by atoms with E-state index in [-0.39, 0.29) is 0 Å². The third-order valence-corrected chi connectivity index (χ3v) is 2.73. The first-order valence-corrected chi connectivity index (χ1v) is 5.48. The quantitative estimate of drug-likeness (QED) is 0.759. The van der Waals surface area contributed by atoms with E-state index in [1.54, 1.807) is 6.07 Å². The summed E-state index contributed by atoms with van der Waals surface area (Å²) in [6.45, 7) is 0.587. The Balaban J connectivity index is 1.84. The minimum atomic E-state index is 0.393. The van der Waals surface area contributed by atoms with E-state index in [1.165, 1.54) is 6.39 Å². The molecule has 6 heteroatoms. The van der Waals surface area contributed by atoms with E-state index in [2.05, 4.69) is 10.1 Å². The summed E-state index contributed by atoms with van der Waals surface area (Å²) in [7, 11) is 1.95. The number of hydrogen-bond acceptors (Lipinski definition) is 6. The first-order chi connectivity index (χ1) is 8.72. The molecule has 0 aliphatic heterocycles. The maximum atomic E-state index is 5.51. The highest BCUT2D eigenvalue weighted by molar-refractivity contribution is 5.76. The molecular weight excluding hydrogens is 232 g/mol.